The number of rotatable bonds is 10. The van der Waals surface area contributed by atoms with E-state index >= 15 is 0 Å². The van der Waals surface area contributed by atoms with Crippen molar-refractivity contribution in [3.8, 4) is 33.4 Å². The predicted octanol–water partition coefficient (Wildman–Crippen LogP) is 23.8. The second-order valence-corrected chi connectivity index (χ2v) is 23.7. The molecule has 0 N–H and O–H groups in total. The lowest BCUT2D eigenvalue weighted by Crippen LogP contribution is -2.26. The van der Waals surface area contributed by atoms with Gasteiger partial charge in [-0.25, -0.2) is 0 Å². The molecule has 0 aliphatic heterocycles. The molecular weight excluding hydrogens is 1090 g/mol. The fraction of sp³-hybridized carbons (Fsp3) is 0.0233. The maximum absolute atomic E-state index is 7.30. The normalized spacial score (nSPS) is 12.8. The van der Waals surface area contributed by atoms with Crippen LogP contribution in [-0.4, -0.2) is 0 Å². The Bertz CT molecular complexity index is 5590. The van der Waals surface area contributed by atoms with E-state index in [1.165, 1.54) is 71.4 Å². The molecule has 2 aliphatic carbocycles. The highest BCUT2D eigenvalue weighted by Crippen LogP contribution is 2.68. The van der Waals surface area contributed by atoms with Gasteiger partial charge in [0, 0.05) is 55.3 Å². The second-order valence-electron chi connectivity index (χ2n) is 23.7. The number of hydrogen-bond donors (Lipinski definition) is 0. The smallest absolute Gasteiger partial charge is 0.159 e. The molecule has 0 bridgehead atoms. The molecule has 0 saturated heterocycles. The van der Waals surface area contributed by atoms with Gasteiger partial charge in [0.2, 0.25) is 0 Å². The zero-order chi connectivity index (χ0) is 59.6. The van der Waals surface area contributed by atoms with Gasteiger partial charge in [0.1, 0.15) is 11.3 Å². The summed E-state index contributed by atoms with van der Waals surface area (Å²) in [6.07, 6.45) is 4.25. The Morgan fingerprint density at radius 3 is 1.54 bits per heavy atom. The van der Waals surface area contributed by atoms with E-state index in [9.17, 15) is 0 Å². The maximum atomic E-state index is 7.30. The third-order valence-corrected chi connectivity index (χ3v) is 19.1. The summed E-state index contributed by atoms with van der Waals surface area (Å²) in [5.41, 5.74) is 22.8. The van der Waals surface area contributed by atoms with Gasteiger partial charge in [-0.05, 0) is 144 Å². The van der Waals surface area contributed by atoms with Crippen molar-refractivity contribution in [2.75, 3.05) is 9.80 Å². The van der Waals surface area contributed by atoms with Crippen molar-refractivity contribution in [2.45, 2.75) is 12.3 Å². The number of furan rings is 2. The molecule has 16 aromatic rings. The zero-order valence-corrected chi connectivity index (χ0v) is 49.4. The maximum Gasteiger partial charge on any atom is 0.159 e. The second kappa shape index (κ2) is 20.2. The van der Waals surface area contributed by atoms with Crippen molar-refractivity contribution in [2.24, 2.45) is 0 Å². The Morgan fingerprint density at radius 2 is 0.867 bits per heavy atom. The summed E-state index contributed by atoms with van der Waals surface area (Å²) in [7, 11) is 0. The van der Waals surface area contributed by atoms with Gasteiger partial charge in [0.15, 0.2) is 11.2 Å². The van der Waals surface area contributed by atoms with Crippen LogP contribution in [0.5, 0.6) is 0 Å². The lowest BCUT2D eigenvalue weighted by atomic mass is 9.69. The van der Waals surface area contributed by atoms with E-state index in [0.717, 1.165) is 106 Å². The van der Waals surface area contributed by atoms with E-state index in [1.54, 1.807) is 0 Å². The molecule has 14 aromatic carbocycles. The van der Waals surface area contributed by atoms with E-state index in [1.807, 2.05) is 6.07 Å². The van der Waals surface area contributed by atoms with Gasteiger partial charge in [-0.2, -0.15) is 0 Å². The van der Waals surface area contributed by atoms with Crippen molar-refractivity contribution < 1.29 is 8.83 Å². The van der Waals surface area contributed by atoms with E-state index in [4.69, 9.17) is 8.83 Å². The molecule has 0 radical (unpaired) electrons. The monoisotopic (exact) mass is 1150 g/mol. The van der Waals surface area contributed by atoms with Crippen LogP contribution in [-0.2, 0) is 5.41 Å². The summed E-state index contributed by atoms with van der Waals surface area (Å²) in [6.45, 7) is 6.73. The molecule has 90 heavy (non-hydrogen) atoms. The van der Waals surface area contributed by atoms with Crippen LogP contribution in [0.1, 0.15) is 46.1 Å². The van der Waals surface area contributed by atoms with Crippen molar-refractivity contribution >= 4 is 111 Å². The number of anilines is 6. The summed E-state index contributed by atoms with van der Waals surface area (Å²) >= 11 is 0. The molecule has 4 nitrogen and oxygen atoms in total. The number of para-hydroxylation sites is 5. The average Bonchev–Trinajstić information content (AvgIpc) is 1.49. The quantitative estimate of drug-likeness (QED) is 0.128. The molecule has 0 atom stereocenters. The van der Waals surface area contributed by atoms with Crippen LogP contribution in [0.15, 0.2) is 319 Å². The summed E-state index contributed by atoms with van der Waals surface area (Å²) in [6, 6.07) is 108. The summed E-state index contributed by atoms with van der Waals surface area (Å²) in [5, 5.41) is 10.2. The number of allylic oxidation sites excluding steroid dienone is 1. The van der Waals surface area contributed by atoms with Crippen molar-refractivity contribution in [1.29, 1.82) is 0 Å². The first-order valence-corrected chi connectivity index (χ1v) is 31.0. The van der Waals surface area contributed by atoms with E-state index in [2.05, 4.69) is 327 Å². The van der Waals surface area contributed by atoms with Crippen LogP contribution >= 0.6 is 0 Å². The minimum absolute atomic E-state index is 0.750. The Morgan fingerprint density at radius 1 is 0.356 bits per heavy atom. The fourth-order valence-corrected chi connectivity index (χ4v) is 15.4. The van der Waals surface area contributed by atoms with Crippen LogP contribution in [0.2, 0.25) is 0 Å². The van der Waals surface area contributed by atoms with E-state index in [-0.39, 0.29) is 0 Å². The first-order valence-electron chi connectivity index (χ1n) is 31.0. The number of nitrogens with zero attached hydrogens (tertiary/aromatic N) is 2. The number of benzene rings is 14. The first-order chi connectivity index (χ1) is 44.6. The number of hydrogen-bond acceptors (Lipinski definition) is 4. The van der Waals surface area contributed by atoms with Crippen molar-refractivity contribution in [3.63, 3.8) is 0 Å². The molecule has 2 aliphatic rings. The molecule has 18 rings (SSSR count). The molecule has 1 spiro atoms. The molecular formula is C86H56N2O2. The average molecular weight is 1150 g/mol. The summed E-state index contributed by atoms with van der Waals surface area (Å²) in [5.74, 6) is 0.750. The lowest BCUT2D eigenvalue weighted by Gasteiger charge is -2.34. The zero-order valence-electron chi connectivity index (χ0n) is 49.4. The molecule has 2 heterocycles. The molecule has 2 aromatic heterocycles. The van der Waals surface area contributed by atoms with Gasteiger partial charge in [0.05, 0.1) is 22.5 Å². The molecule has 0 amide bonds. The summed E-state index contributed by atoms with van der Waals surface area (Å²) < 4.78 is 14.5. The highest BCUT2D eigenvalue weighted by molar-refractivity contribution is 6.25. The Balaban J connectivity index is 0.927. The number of fused-ring (bicyclic) bond motifs is 21. The van der Waals surface area contributed by atoms with E-state index < -0.39 is 5.41 Å². The molecule has 0 unspecified atom stereocenters. The molecule has 4 heteroatoms. The molecule has 422 valence electrons. The Labute approximate surface area is 521 Å². The van der Waals surface area contributed by atoms with Crippen molar-refractivity contribution in [1.82, 2.24) is 0 Å². The molecule has 0 saturated carbocycles. The third kappa shape index (κ3) is 7.36. The van der Waals surface area contributed by atoms with Gasteiger partial charge >= 0.3 is 0 Å². The van der Waals surface area contributed by atoms with Crippen LogP contribution in [0.25, 0.3) is 110 Å². The van der Waals surface area contributed by atoms with E-state index in [0.29, 0.717) is 0 Å². The van der Waals surface area contributed by atoms with Gasteiger partial charge in [0.25, 0.3) is 0 Å². The minimum Gasteiger partial charge on any atom is -0.453 e. The van der Waals surface area contributed by atoms with Gasteiger partial charge in [-0.3, -0.25) is 0 Å². The standard InChI is InChI=1S/C86H56N2O2/c1-3-27-68-70-44-26-49-77(85(70)89-82(68)54(2)55-28-8-4-9-29-55)88(58-34-14-7-15-35-58)78-53-75-79(66-41-19-17-39-64(66)78)80-65-40-18-16-36-61(65)72-52-59(50-51-67(72)81(80)86(75)73-46-22-20-37-62(73)63-38-21-23-47-74(63)86)87(57-32-12-6-13-33-57)76-48-25-45-71-69-43-24-42-60(83(69)90-84(71)76)56-30-10-5-11-31-56/h3-53H,2H2,1H3/b27-3-. The Hall–Kier alpha value is -11.7. The first kappa shape index (κ1) is 51.5. The predicted molar refractivity (Wildman–Crippen MR) is 376 cm³/mol. The molecule has 0 fully saturated rings. The van der Waals surface area contributed by atoms with Gasteiger partial charge < -0.3 is 18.6 Å². The van der Waals surface area contributed by atoms with Gasteiger partial charge in [-0.1, -0.05) is 261 Å². The van der Waals surface area contributed by atoms with Crippen LogP contribution in [0.4, 0.5) is 34.1 Å². The van der Waals surface area contributed by atoms with Crippen molar-refractivity contribution in [3.05, 3.63) is 349 Å². The highest BCUT2D eigenvalue weighted by Gasteiger charge is 2.54. The highest BCUT2D eigenvalue weighted by atomic mass is 16.3. The minimum atomic E-state index is -0.769. The Kier molecular flexibility index (Phi) is 11.5. The topological polar surface area (TPSA) is 32.8 Å². The fourth-order valence-electron chi connectivity index (χ4n) is 15.4. The largest absolute Gasteiger partial charge is 0.453 e. The van der Waals surface area contributed by atoms with Gasteiger partial charge in [-0.15, -0.1) is 0 Å². The third-order valence-electron chi connectivity index (χ3n) is 19.1. The lowest BCUT2D eigenvalue weighted by molar-refractivity contribution is 0.600. The SMILES string of the molecule is C=C(c1ccccc1)c1oc2c(N(c3ccccc3)c3cc4c(c5ccccc35)-c3c(c5ccc(N(c6ccccc6)c6cccc7c6oc6c(-c8ccccc8)cccc67)cc5c5ccccc35)C43c4ccccc4-c4ccccc43)cccc2c1/C=C\C. The van der Waals surface area contributed by atoms with Crippen LogP contribution in [0.3, 0.4) is 0 Å². The summed E-state index contributed by atoms with van der Waals surface area (Å²) in [4.78, 5) is 4.83. The van der Waals surface area contributed by atoms with Crippen LogP contribution < -0.4 is 9.80 Å². The van der Waals surface area contributed by atoms with Crippen LogP contribution in [0, 0.1) is 0 Å².